The minimum absolute atomic E-state index is 0.160. The van der Waals surface area contributed by atoms with Crippen LogP contribution in [0.1, 0.15) is 18.9 Å². The van der Waals surface area contributed by atoms with E-state index in [1.165, 1.54) is 12.0 Å². The number of fused-ring (bicyclic) bond motifs is 1. The first-order valence-corrected chi connectivity index (χ1v) is 9.02. The maximum Gasteiger partial charge on any atom is 0.306 e. The molecule has 2 aromatic carbocycles. The van der Waals surface area contributed by atoms with Crippen LogP contribution in [0.25, 0.3) is 0 Å². The second-order valence-electron chi connectivity index (χ2n) is 6.92. The normalized spacial score (nSPS) is 15.0. The maximum absolute atomic E-state index is 12.8. The number of methoxy groups -OCH3 is 1. The van der Waals surface area contributed by atoms with Crippen LogP contribution in [0.5, 0.6) is 11.5 Å². The Bertz CT molecular complexity index is 944. The first-order valence-electron chi connectivity index (χ1n) is 9.02. The molecule has 0 saturated carbocycles. The van der Waals surface area contributed by atoms with Gasteiger partial charge in [-0.15, -0.1) is 0 Å². The number of carboxylic acid groups (broad SMARTS) is 1. The number of para-hydroxylation sites is 2. The first-order chi connectivity index (χ1) is 13.8. The third-order valence-corrected chi connectivity index (χ3v) is 4.74. The molecule has 1 aliphatic rings. The van der Waals surface area contributed by atoms with Crippen molar-refractivity contribution >= 4 is 23.5 Å². The number of hydrogen-bond acceptors (Lipinski definition) is 5. The van der Waals surface area contributed by atoms with Gasteiger partial charge in [-0.1, -0.05) is 24.3 Å². The van der Waals surface area contributed by atoms with Crippen molar-refractivity contribution in [3.63, 3.8) is 0 Å². The van der Waals surface area contributed by atoms with E-state index in [1.54, 1.807) is 55.5 Å². The minimum Gasteiger partial charge on any atom is -0.497 e. The first kappa shape index (κ1) is 20.2. The number of carbonyl (C=O) groups excluding carboxylic acids is 2. The van der Waals surface area contributed by atoms with Gasteiger partial charge in [-0.3, -0.25) is 19.3 Å². The Balaban J connectivity index is 1.84. The molecule has 29 heavy (non-hydrogen) atoms. The third-order valence-electron chi connectivity index (χ3n) is 4.74. The molecule has 2 aromatic rings. The highest BCUT2D eigenvalue weighted by atomic mass is 16.5. The summed E-state index contributed by atoms with van der Waals surface area (Å²) in [6, 6.07) is 13.8. The van der Waals surface area contributed by atoms with Crippen LogP contribution in [0.3, 0.4) is 0 Å². The number of nitrogens with one attached hydrogen (secondary N) is 1. The smallest absolute Gasteiger partial charge is 0.306 e. The number of amides is 2. The van der Waals surface area contributed by atoms with Crippen molar-refractivity contribution in [3.05, 3.63) is 54.1 Å². The lowest BCUT2D eigenvalue weighted by atomic mass is 9.88. The Hall–Kier alpha value is -3.55. The molecule has 0 fully saturated rings. The van der Waals surface area contributed by atoms with E-state index in [9.17, 15) is 19.5 Å². The number of ether oxygens (including phenoxy) is 2. The minimum atomic E-state index is -1.19. The lowest BCUT2D eigenvalue weighted by molar-refractivity contribution is -0.139. The monoisotopic (exact) mass is 398 g/mol. The van der Waals surface area contributed by atoms with Crippen molar-refractivity contribution in [1.82, 2.24) is 5.32 Å². The predicted molar refractivity (Wildman–Crippen MR) is 105 cm³/mol. The SMILES string of the molecule is COc1cccc(C(C)(CC(=O)O)NC(=O)CN2C(=O)COc3ccccc32)c1. The van der Waals surface area contributed by atoms with Crippen LogP contribution in [0.15, 0.2) is 48.5 Å². The van der Waals surface area contributed by atoms with Gasteiger partial charge in [0.1, 0.15) is 18.0 Å². The molecule has 0 bridgehead atoms. The number of rotatable bonds is 7. The van der Waals surface area contributed by atoms with E-state index in [1.807, 2.05) is 0 Å². The van der Waals surface area contributed by atoms with Crippen molar-refractivity contribution < 1.29 is 29.0 Å². The van der Waals surface area contributed by atoms with Crippen molar-refractivity contribution in [1.29, 1.82) is 0 Å². The number of hydrogen-bond donors (Lipinski definition) is 2. The molecule has 0 aromatic heterocycles. The van der Waals surface area contributed by atoms with Gasteiger partial charge in [0.15, 0.2) is 6.61 Å². The van der Waals surface area contributed by atoms with E-state index in [0.717, 1.165) is 0 Å². The number of aliphatic carboxylic acids is 1. The van der Waals surface area contributed by atoms with Gasteiger partial charge in [0, 0.05) is 0 Å². The molecule has 1 aliphatic heterocycles. The van der Waals surface area contributed by atoms with Gasteiger partial charge < -0.3 is 19.9 Å². The molecule has 0 radical (unpaired) electrons. The van der Waals surface area contributed by atoms with E-state index in [4.69, 9.17) is 9.47 Å². The third kappa shape index (κ3) is 4.48. The Labute approximate surface area is 168 Å². The topological polar surface area (TPSA) is 105 Å². The second kappa shape index (κ2) is 8.22. The van der Waals surface area contributed by atoms with E-state index in [0.29, 0.717) is 22.7 Å². The fourth-order valence-corrected chi connectivity index (χ4v) is 3.31. The fourth-order valence-electron chi connectivity index (χ4n) is 3.31. The highest BCUT2D eigenvalue weighted by Crippen LogP contribution is 2.32. The van der Waals surface area contributed by atoms with Crippen molar-refractivity contribution in [3.8, 4) is 11.5 Å². The lowest BCUT2D eigenvalue weighted by Crippen LogP contribution is -2.51. The summed E-state index contributed by atoms with van der Waals surface area (Å²) < 4.78 is 10.6. The molecule has 1 unspecified atom stereocenters. The largest absolute Gasteiger partial charge is 0.497 e. The molecule has 0 spiro atoms. The molecule has 2 amide bonds. The molecule has 0 aliphatic carbocycles. The quantitative estimate of drug-likeness (QED) is 0.738. The number of benzene rings is 2. The number of nitrogens with zero attached hydrogens (tertiary/aromatic N) is 1. The average Bonchev–Trinajstić information content (AvgIpc) is 2.69. The molecule has 152 valence electrons. The summed E-state index contributed by atoms with van der Waals surface area (Å²) in [5.41, 5.74) is -0.103. The summed E-state index contributed by atoms with van der Waals surface area (Å²) in [5.74, 6) is -0.836. The summed E-state index contributed by atoms with van der Waals surface area (Å²) in [6.07, 6.45) is -0.334. The highest BCUT2D eigenvalue weighted by molar-refractivity contribution is 6.02. The van der Waals surface area contributed by atoms with Gasteiger partial charge in [0.05, 0.1) is 24.8 Å². The summed E-state index contributed by atoms with van der Waals surface area (Å²) in [4.78, 5) is 37.9. The molecule has 8 heteroatoms. The molecule has 2 N–H and O–H groups in total. The molecule has 1 heterocycles. The van der Waals surface area contributed by atoms with Crippen molar-refractivity contribution in [2.24, 2.45) is 0 Å². The van der Waals surface area contributed by atoms with E-state index < -0.39 is 17.4 Å². The molecular weight excluding hydrogens is 376 g/mol. The average molecular weight is 398 g/mol. The molecule has 0 saturated heterocycles. The van der Waals surface area contributed by atoms with E-state index >= 15 is 0 Å². The van der Waals surface area contributed by atoms with Crippen LogP contribution in [0, 0.1) is 0 Å². The van der Waals surface area contributed by atoms with Crippen LogP contribution >= 0.6 is 0 Å². The summed E-state index contributed by atoms with van der Waals surface area (Å²) in [5, 5.41) is 12.2. The van der Waals surface area contributed by atoms with Crippen LogP contribution < -0.4 is 19.7 Å². The predicted octanol–water partition coefficient (Wildman–Crippen LogP) is 1.93. The van der Waals surface area contributed by atoms with Crippen LogP contribution in [-0.4, -0.2) is 43.2 Å². The molecule has 3 rings (SSSR count). The van der Waals surface area contributed by atoms with Crippen molar-refractivity contribution in [2.75, 3.05) is 25.2 Å². The molecular formula is C21H22N2O6. The van der Waals surface area contributed by atoms with E-state index in [2.05, 4.69) is 5.32 Å². The van der Waals surface area contributed by atoms with Gasteiger partial charge in [0.2, 0.25) is 5.91 Å². The van der Waals surface area contributed by atoms with Gasteiger partial charge in [0.25, 0.3) is 5.91 Å². The second-order valence-corrected chi connectivity index (χ2v) is 6.92. The zero-order chi connectivity index (χ0) is 21.0. The molecule has 8 nitrogen and oxygen atoms in total. The van der Waals surface area contributed by atoms with E-state index in [-0.39, 0.29) is 25.5 Å². The Morgan fingerprint density at radius 1 is 1.24 bits per heavy atom. The van der Waals surface area contributed by atoms with Gasteiger partial charge >= 0.3 is 5.97 Å². The Morgan fingerprint density at radius 3 is 2.72 bits per heavy atom. The summed E-state index contributed by atoms with van der Waals surface area (Å²) >= 11 is 0. The van der Waals surface area contributed by atoms with Crippen molar-refractivity contribution in [2.45, 2.75) is 18.9 Å². The standard InChI is InChI=1S/C21H22N2O6/c1-21(11-20(26)27,14-6-5-7-15(10-14)28-2)22-18(24)12-23-16-8-3-4-9-17(16)29-13-19(23)25/h3-10H,11-13H2,1-2H3,(H,22,24)(H,26,27). The van der Waals surface area contributed by atoms with Crippen LogP contribution in [0.4, 0.5) is 5.69 Å². The lowest BCUT2D eigenvalue weighted by Gasteiger charge is -2.33. The maximum atomic E-state index is 12.8. The Kier molecular flexibility index (Phi) is 5.72. The molecule has 1 atom stereocenters. The number of anilines is 1. The number of carboxylic acids is 1. The summed E-state index contributed by atoms with van der Waals surface area (Å²) in [6.45, 7) is 1.22. The summed E-state index contributed by atoms with van der Waals surface area (Å²) in [7, 11) is 1.51. The van der Waals surface area contributed by atoms with Gasteiger partial charge in [-0.05, 0) is 36.8 Å². The Morgan fingerprint density at radius 2 is 2.00 bits per heavy atom. The fraction of sp³-hybridized carbons (Fsp3) is 0.286. The highest BCUT2D eigenvalue weighted by Gasteiger charge is 2.34. The number of carbonyl (C=O) groups is 3. The van der Waals surface area contributed by atoms with Crippen LogP contribution in [-0.2, 0) is 19.9 Å². The zero-order valence-electron chi connectivity index (χ0n) is 16.2. The van der Waals surface area contributed by atoms with Crippen LogP contribution in [0.2, 0.25) is 0 Å². The van der Waals surface area contributed by atoms with Gasteiger partial charge in [-0.25, -0.2) is 0 Å². The zero-order valence-corrected chi connectivity index (χ0v) is 16.2. The van der Waals surface area contributed by atoms with Gasteiger partial charge in [-0.2, -0.15) is 0 Å².